The summed E-state index contributed by atoms with van der Waals surface area (Å²) in [7, 11) is 0. The highest BCUT2D eigenvalue weighted by molar-refractivity contribution is 5.20. The van der Waals surface area contributed by atoms with E-state index in [0.29, 0.717) is 0 Å². The Hall–Kier alpha value is -0.560. The molecule has 0 radical (unpaired) electrons. The lowest BCUT2D eigenvalue weighted by Gasteiger charge is -2.11. The molecule has 0 amide bonds. The zero-order valence-electron chi connectivity index (χ0n) is 5.80. The molecule has 0 unspecified atom stereocenters. The zero-order valence-corrected chi connectivity index (χ0v) is 5.80. The number of hydrogen-bond acceptors (Lipinski definition) is 1. The van der Waals surface area contributed by atoms with Gasteiger partial charge in [0, 0.05) is 6.04 Å². The third kappa shape index (κ3) is 1.68. The smallest absolute Gasteiger partial charge is 0.0227 e. The van der Waals surface area contributed by atoms with Crippen LogP contribution < -0.4 is 5.73 Å². The number of allylic oxidation sites excluding steroid dienone is 3. The molecule has 1 nitrogen and oxygen atoms in total. The lowest BCUT2D eigenvalue weighted by atomic mass is 10.00. The predicted octanol–water partition coefficient (Wildman–Crippen LogP) is 1.61. The van der Waals surface area contributed by atoms with Crippen LogP contribution in [0.3, 0.4) is 0 Å². The summed E-state index contributed by atoms with van der Waals surface area (Å²) in [5.41, 5.74) is 7.04. The summed E-state index contributed by atoms with van der Waals surface area (Å²) in [5.74, 6) is 0. The predicted molar refractivity (Wildman–Crippen MR) is 40.1 cm³/mol. The fraction of sp³-hybridized carbons (Fsp3) is 0.500. The summed E-state index contributed by atoms with van der Waals surface area (Å²) in [5, 5.41) is 0. The van der Waals surface area contributed by atoms with Gasteiger partial charge in [0.25, 0.3) is 0 Å². The molecule has 1 atom stereocenters. The van der Waals surface area contributed by atoms with E-state index in [2.05, 4.69) is 18.2 Å². The summed E-state index contributed by atoms with van der Waals surface area (Å²) >= 11 is 0. The minimum absolute atomic E-state index is 0.245. The molecule has 1 rings (SSSR count). The minimum Gasteiger partial charge on any atom is -0.324 e. The first-order chi connectivity index (χ1) is 4.30. The van der Waals surface area contributed by atoms with E-state index in [4.69, 9.17) is 5.73 Å². The monoisotopic (exact) mass is 123 g/mol. The average Bonchev–Trinajstić information content (AvgIpc) is 1.90. The largest absolute Gasteiger partial charge is 0.324 e. The van der Waals surface area contributed by atoms with Crippen LogP contribution in [0.5, 0.6) is 0 Å². The van der Waals surface area contributed by atoms with E-state index in [0.717, 1.165) is 12.8 Å². The highest BCUT2D eigenvalue weighted by Crippen LogP contribution is 2.13. The van der Waals surface area contributed by atoms with Crippen LogP contribution in [0, 0.1) is 0 Å². The van der Waals surface area contributed by atoms with Gasteiger partial charge in [-0.1, -0.05) is 23.8 Å². The summed E-state index contributed by atoms with van der Waals surface area (Å²) in [6.07, 6.45) is 8.68. The van der Waals surface area contributed by atoms with Crippen molar-refractivity contribution in [1.82, 2.24) is 0 Å². The minimum atomic E-state index is 0.245. The topological polar surface area (TPSA) is 26.0 Å². The zero-order chi connectivity index (χ0) is 6.69. The molecule has 0 saturated heterocycles. The summed E-state index contributed by atoms with van der Waals surface area (Å²) in [6.45, 7) is 2.03. The van der Waals surface area contributed by atoms with Crippen molar-refractivity contribution < 1.29 is 0 Å². The molecular weight excluding hydrogens is 110 g/mol. The van der Waals surface area contributed by atoms with Gasteiger partial charge in [0.2, 0.25) is 0 Å². The summed E-state index contributed by atoms with van der Waals surface area (Å²) < 4.78 is 0. The number of rotatable bonds is 1. The van der Waals surface area contributed by atoms with E-state index in [9.17, 15) is 0 Å². The molecule has 0 bridgehead atoms. The van der Waals surface area contributed by atoms with E-state index in [1.165, 1.54) is 5.57 Å². The van der Waals surface area contributed by atoms with Crippen LogP contribution in [-0.4, -0.2) is 6.04 Å². The van der Waals surface area contributed by atoms with Gasteiger partial charge < -0.3 is 5.73 Å². The number of nitrogens with two attached hydrogens (primary N) is 1. The Morgan fingerprint density at radius 3 is 2.78 bits per heavy atom. The van der Waals surface area contributed by atoms with Gasteiger partial charge >= 0.3 is 0 Å². The van der Waals surface area contributed by atoms with Gasteiger partial charge in [0.05, 0.1) is 0 Å². The Morgan fingerprint density at radius 2 is 2.44 bits per heavy atom. The van der Waals surface area contributed by atoms with Crippen LogP contribution >= 0.6 is 0 Å². The lowest BCUT2D eigenvalue weighted by Crippen LogP contribution is -2.18. The SMILES string of the molecule is C[C@H](N)C1=CC=CCC1. The van der Waals surface area contributed by atoms with Gasteiger partial charge in [0.15, 0.2) is 0 Å². The van der Waals surface area contributed by atoms with Gasteiger partial charge in [-0.15, -0.1) is 0 Å². The van der Waals surface area contributed by atoms with Crippen molar-refractivity contribution in [3.63, 3.8) is 0 Å². The Balaban J connectivity index is 2.57. The molecule has 0 spiro atoms. The van der Waals surface area contributed by atoms with Crippen molar-refractivity contribution >= 4 is 0 Å². The molecule has 1 aliphatic rings. The maximum atomic E-state index is 5.66. The van der Waals surface area contributed by atoms with Crippen molar-refractivity contribution in [2.24, 2.45) is 5.73 Å². The van der Waals surface area contributed by atoms with Crippen LogP contribution in [0.2, 0.25) is 0 Å². The molecule has 0 aromatic heterocycles. The fourth-order valence-electron chi connectivity index (χ4n) is 1.00. The molecule has 50 valence electrons. The van der Waals surface area contributed by atoms with Gasteiger partial charge in [0.1, 0.15) is 0 Å². The summed E-state index contributed by atoms with van der Waals surface area (Å²) in [6, 6.07) is 0.245. The Morgan fingerprint density at radius 1 is 1.67 bits per heavy atom. The van der Waals surface area contributed by atoms with Crippen molar-refractivity contribution in [3.8, 4) is 0 Å². The van der Waals surface area contributed by atoms with E-state index in [1.807, 2.05) is 6.92 Å². The van der Waals surface area contributed by atoms with Crippen LogP contribution in [0.4, 0.5) is 0 Å². The Bertz CT molecular complexity index is 143. The quantitative estimate of drug-likeness (QED) is 0.563. The summed E-state index contributed by atoms with van der Waals surface area (Å²) in [4.78, 5) is 0. The molecule has 0 saturated carbocycles. The molecule has 0 heterocycles. The molecule has 0 aromatic rings. The van der Waals surface area contributed by atoms with E-state index in [-0.39, 0.29) is 6.04 Å². The third-order valence-corrected chi connectivity index (χ3v) is 1.63. The first-order valence-corrected chi connectivity index (χ1v) is 3.42. The fourth-order valence-corrected chi connectivity index (χ4v) is 1.00. The molecule has 0 aliphatic heterocycles. The van der Waals surface area contributed by atoms with Crippen molar-refractivity contribution in [2.45, 2.75) is 25.8 Å². The molecule has 2 N–H and O–H groups in total. The lowest BCUT2D eigenvalue weighted by molar-refractivity contribution is 0.781. The Kier molecular flexibility index (Phi) is 2.06. The van der Waals surface area contributed by atoms with Gasteiger partial charge in [-0.2, -0.15) is 0 Å². The van der Waals surface area contributed by atoms with E-state index >= 15 is 0 Å². The van der Waals surface area contributed by atoms with E-state index in [1.54, 1.807) is 0 Å². The maximum absolute atomic E-state index is 5.66. The molecule has 0 aromatic carbocycles. The normalized spacial score (nSPS) is 21.3. The number of hydrogen-bond donors (Lipinski definition) is 1. The van der Waals surface area contributed by atoms with Crippen molar-refractivity contribution in [1.29, 1.82) is 0 Å². The van der Waals surface area contributed by atoms with Gasteiger partial charge in [-0.3, -0.25) is 0 Å². The Labute approximate surface area is 56.2 Å². The van der Waals surface area contributed by atoms with Crippen molar-refractivity contribution in [2.75, 3.05) is 0 Å². The van der Waals surface area contributed by atoms with Crippen molar-refractivity contribution in [3.05, 3.63) is 23.8 Å². The molecule has 1 aliphatic carbocycles. The van der Waals surface area contributed by atoms with Crippen LogP contribution in [0.25, 0.3) is 0 Å². The highest BCUT2D eigenvalue weighted by Gasteiger charge is 2.02. The van der Waals surface area contributed by atoms with Crippen LogP contribution in [0.15, 0.2) is 23.8 Å². The second-order valence-corrected chi connectivity index (χ2v) is 2.50. The van der Waals surface area contributed by atoms with Gasteiger partial charge in [-0.25, -0.2) is 0 Å². The van der Waals surface area contributed by atoms with Crippen LogP contribution in [-0.2, 0) is 0 Å². The highest BCUT2D eigenvalue weighted by atomic mass is 14.6. The molecule has 9 heavy (non-hydrogen) atoms. The first kappa shape index (κ1) is 6.56. The van der Waals surface area contributed by atoms with E-state index < -0.39 is 0 Å². The van der Waals surface area contributed by atoms with Gasteiger partial charge in [-0.05, 0) is 19.8 Å². The maximum Gasteiger partial charge on any atom is 0.0227 e. The third-order valence-electron chi connectivity index (χ3n) is 1.63. The second-order valence-electron chi connectivity index (χ2n) is 2.50. The second kappa shape index (κ2) is 2.83. The standard InChI is InChI=1S/C8H13N/c1-7(9)8-5-3-2-4-6-8/h2-3,5,7H,4,6,9H2,1H3/t7-/m0/s1. The molecule has 0 fully saturated rings. The molecule has 1 heteroatoms. The average molecular weight is 123 g/mol. The van der Waals surface area contributed by atoms with Crippen LogP contribution in [0.1, 0.15) is 19.8 Å². The first-order valence-electron chi connectivity index (χ1n) is 3.42. The molecular formula is C8H13N.